The number of carbonyl (C=O) groups is 1. The number of benzene rings is 1. The number of oxazole rings is 1. The van der Waals surface area contributed by atoms with Crippen LogP contribution in [0.3, 0.4) is 0 Å². The second-order valence-electron chi connectivity index (χ2n) is 7.95. The van der Waals surface area contributed by atoms with Crippen LogP contribution in [-0.4, -0.2) is 51.1 Å². The highest BCUT2D eigenvalue weighted by Crippen LogP contribution is 2.34. The maximum absolute atomic E-state index is 13.4. The second kappa shape index (κ2) is 7.93. The van der Waals surface area contributed by atoms with Crippen molar-refractivity contribution in [3.63, 3.8) is 0 Å². The summed E-state index contributed by atoms with van der Waals surface area (Å²) in [5.41, 5.74) is 1.64. The molecule has 0 spiro atoms. The summed E-state index contributed by atoms with van der Waals surface area (Å²) in [7, 11) is 0. The molecule has 0 radical (unpaired) electrons. The predicted molar refractivity (Wildman–Crippen MR) is 110 cm³/mol. The topological polar surface area (TPSA) is 88.5 Å². The normalized spacial score (nSPS) is 17.3. The standard InChI is InChI=1S/C22H25N5O3/c1-2-20-24-22(30-25-20)26-11-9-18(10-12-26)27(17-7-8-17)21(28)16-5-3-15(4-6-16)19-13-23-14-29-19/h3-6,13-14,17-18H,2,7-12H2,1H3. The molecule has 2 aromatic heterocycles. The zero-order valence-corrected chi connectivity index (χ0v) is 17.0. The first-order chi connectivity index (χ1) is 14.7. The van der Waals surface area contributed by atoms with Gasteiger partial charge in [0.05, 0.1) is 6.20 Å². The lowest BCUT2D eigenvalue weighted by molar-refractivity contribution is 0.0629. The van der Waals surface area contributed by atoms with Gasteiger partial charge in [-0.3, -0.25) is 4.79 Å². The van der Waals surface area contributed by atoms with E-state index in [-0.39, 0.29) is 11.9 Å². The van der Waals surface area contributed by atoms with E-state index in [4.69, 9.17) is 8.94 Å². The Labute approximate surface area is 174 Å². The van der Waals surface area contributed by atoms with E-state index in [1.54, 1.807) is 6.20 Å². The quantitative estimate of drug-likeness (QED) is 0.617. The Kier molecular flexibility index (Phi) is 4.98. The van der Waals surface area contributed by atoms with Gasteiger partial charge in [-0.2, -0.15) is 4.98 Å². The number of carbonyl (C=O) groups excluding carboxylic acids is 1. The number of amides is 1. The number of aromatic nitrogens is 3. The zero-order valence-electron chi connectivity index (χ0n) is 17.0. The molecule has 0 atom stereocenters. The highest BCUT2D eigenvalue weighted by molar-refractivity contribution is 5.95. The third-order valence-corrected chi connectivity index (χ3v) is 5.93. The Morgan fingerprint density at radius 2 is 1.87 bits per heavy atom. The molecule has 1 saturated carbocycles. The van der Waals surface area contributed by atoms with Crippen molar-refractivity contribution in [1.82, 2.24) is 20.0 Å². The maximum atomic E-state index is 13.4. The lowest BCUT2D eigenvalue weighted by Gasteiger charge is -2.38. The van der Waals surface area contributed by atoms with E-state index < -0.39 is 0 Å². The molecule has 2 aliphatic rings. The minimum atomic E-state index is 0.117. The van der Waals surface area contributed by atoms with Gasteiger partial charge in [0, 0.05) is 42.7 Å². The highest BCUT2D eigenvalue weighted by atomic mass is 16.5. The molecule has 1 aromatic carbocycles. The summed E-state index contributed by atoms with van der Waals surface area (Å²) in [6.45, 7) is 3.64. The summed E-state index contributed by atoms with van der Waals surface area (Å²) in [6.07, 6.45) is 7.84. The zero-order chi connectivity index (χ0) is 20.5. The molecular formula is C22H25N5O3. The van der Waals surface area contributed by atoms with E-state index in [0.717, 1.165) is 62.1 Å². The lowest BCUT2D eigenvalue weighted by atomic mass is 10.0. The Hall–Kier alpha value is -3.16. The molecule has 3 heterocycles. The van der Waals surface area contributed by atoms with Crippen molar-refractivity contribution >= 4 is 11.9 Å². The molecule has 1 saturated heterocycles. The molecule has 30 heavy (non-hydrogen) atoms. The lowest BCUT2D eigenvalue weighted by Crippen LogP contribution is -2.48. The fraction of sp³-hybridized carbons (Fsp3) is 0.455. The van der Waals surface area contributed by atoms with Crippen LogP contribution in [0, 0.1) is 0 Å². The average Bonchev–Trinajstić information content (AvgIpc) is 3.28. The molecule has 1 amide bonds. The number of hydrogen-bond donors (Lipinski definition) is 0. The van der Waals surface area contributed by atoms with Crippen LogP contribution >= 0.6 is 0 Å². The second-order valence-corrected chi connectivity index (χ2v) is 7.95. The van der Waals surface area contributed by atoms with Crippen molar-refractivity contribution < 1.29 is 13.7 Å². The van der Waals surface area contributed by atoms with Gasteiger partial charge in [0.25, 0.3) is 5.91 Å². The minimum absolute atomic E-state index is 0.117. The Morgan fingerprint density at radius 3 is 2.47 bits per heavy atom. The van der Waals surface area contributed by atoms with Crippen molar-refractivity contribution in [2.24, 2.45) is 0 Å². The largest absolute Gasteiger partial charge is 0.444 e. The van der Waals surface area contributed by atoms with Gasteiger partial charge in [0.2, 0.25) is 0 Å². The molecule has 8 heteroatoms. The molecule has 5 rings (SSSR count). The Balaban J connectivity index is 1.27. The van der Waals surface area contributed by atoms with Crippen LogP contribution in [-0.2, 0) is 6.42 Å². The molecule has 156 valence electrons. The van der Waals surface area contributed by atoms with Crippen LogP contribution in [0.15, 0.2) is 45.8 Å². The number of nitrogens with zero attached hydrogens (tertiary/aromatic N) is 5. The monoisotopic (exact) mass is 407 g/mol. The van der Waals surface area contributed by atoms with Crippen LogP contribution < -0.4 is 4.90 Å². The third kappa shape index (κ3) is 3.69. The van der Waals surface area contributed by atoms with Gasteiger partial charge < -0.3 is 18.7 Å². The fourth-order valence-electron chi connectivity index (χ4n) is 4.12. The van der Waals surface area contributed by atoms with E-state index in [1.807, 2.05) is 31.2 Å². The summed E-state index contributed by atoms with van der Waals surface area (Å²) >= 11 is 0. The van der Waals surface area contributed by atoms with Crippen molar-refractivity contribution in [1.29, 1.82) is 0 Å². The summed E-state index contributed by atoms with van der Waals surface area (Å²) in [4.78, 5) is 26.0. The van der Waals surface area contributed by atoms with E-state index in [9.17, 15) is 4.79 Å². The van der Waals surface area contributed by atoms with E-state index in [1.165, 1.54) is 6.39 Å². The SMILES string of the molecule is CCc1noc(N2CCC(N(C(=O)c3ccc(-c4cnco4)cc3)C3CC3)CC2)n1. The molecular weight excluding hydrogens is 382 g/mol. The predicted octanol–water partition coefficient (Wildman–Crippen LogP) is 3.56. The minimum Gasteiger partial charge on any atom is -0.444 e. The van der Waals surface area contributed by atoms with Crippen LogP contribution in [0.25, 0.3) is 11.3 Å². The van der Waals surface area contributed by atoms with Gasteiger partial charge in [-0.1, -0.05) is 24.2 Å². The van der Waals surface area contributed by atoms with Gasteiger partial charge in [-0.15, -0.1) is 0 Å². The molecule has 1 aliphatic heterocycles. The van der Waals surface area contributed by atoms with Gasteiger partial charge in [-0.05, 0) is 37.8 Å². The highest BCUT2D eigenvalue weighted by Gasteiger charge is 2.39. The summed E-state index contributed by atoms with van der Waals surface area (Å²) in [6, 6.07) is 8.80. The van der Waals surface area contributed by atoms with Gasteiger partial charge in [0.15, 0.2) is 18.0 Å². The maximum Gasteiger partial charge on any atom is 0.324 e. The Bertz CT molecular complexity index is 986. The first kappa shape index (κ1) is 18.8. The van der Waals surface area contributed by atoms with Crippen LogP contribution in [0.2, 0.25) is 0 Å². The molecule has 3 aromatic rings. The van der Waals surface area contributed by atoms with Crippen molar-refractivity contribution in [3.8, 4) is 11.3 Å². The summed E-state index contributed by atoms with van der Waals surface area (Å²) in [5, 5.41) is 3.99. The van der Waals surface area contributed by atoms with Crippen molar-refractivity contribution in [2.75, 3.05) is 18.0 Å². The molecule has 1 aliphatic carbocycles. The summed E-state index contributed by atoms with van der Waals surface area (Å²) in [5.74, 6) is 1.55. The number of piperidine rings is 1. The number of anilines is 1. The third-order valence-electron chi connectivity index (χ3n) is 5.93. The molecule has 8 nitrogen and oxygen atoms in total. The van der Waals surface area contributed by atoms with E-state index in [2.05, 4.69) is 24.9 Å². The number of aryl methyl sites for hydroxylation is 1. The smallest absolute Gasteiger partial charge is 0.324 e. The number of rotatable bonds is 6. The van der Waals surface area contributed by atoms with Gasteiger partial charge in [0.1, 0.15) is 0 Å². The first-order valence-electron chi connectivity index (χ1n) is 10.6. The average molecular weight is 407 g/mol. The molecule has 0 unspecified atom stereocenters. The van der Waals surface area contributed by atoms with Crippen LogP contribution in [0.5, 0.6) is 0 Å². The summed E-state index contributed by atoms with van der Waals surface area (Å²) < 4.78 is 10.7. The fourth-order valence-corrected chi connectivity index (χ4v) is 4.12. The van der Waals surface area contributed by atoms with E-state index >= 15 is 0 Å². The molecule has 0 bridgehead atoms. The van der Waals surface area contributed by atoms with Crippen molar-refractivity contribution in [2.45, 2.75) is 51.1 Å². The number of hydrogen-bond acceptors (Lipinski definition) is 7. The van der Waals surface area contributed by atoms with Crippen molar-refractivity contribution in [3.05, 3.63) is 48.2 Å². The molecule has 2 fully saturated rings. The van der Waals surface area contributed by atoms with Gasteiger partial charge >= 0.3 is 6.01 Å². The van der Waals surface area contributed by atoms with E-state index in [0.29, 0.717) is 17.8 Å². The van der Waals surface area contributed by atoms with Gasteiger partial charge in [-0.25, -0.2) is 4.98 Å². The molecule has 0 N–H and O–H groups in total. The van der Waals surface area contributed by atoms with Crippen LogP contribution in [0.4, 0.5) is 6.01 Å². The van der Waals surface area contributed by atoms with Crippen LogP contribution in [0.1, 0.15) is 48.8 Å². The Morgan fingerprint density at radius 1 is 1.13 bits per heavy atom. The first-order valence-corrected chi connectivity index (χ1v) is 10.6.